The Hall–Kier alpha value is -1.58. The number of thioether (sulfide) groups is 1. The van der Waals surface area contributed by atoms with Crippen molar-refractivity contribution in [3.63, 3.8) is 0 Å². The van der Waals surface area contributed by atoms with Crippen LogP contribution in [0.15, 0.2) is 36.4 Å². The minimum atomic E-state index is -0.604. The molecule has 1 saturated carbocycles. The van der Waals surface area contributed by atoms with Crippen LogP contribution >= 0.6 is 23.4 Å². The molecule has 1 atom stereocenters. The lowest BCUT2D eigenvalue weighted by Crippen LogP contribution is -2.35. The van der Waals surface area contributed by atoms with Gasteiger partial charge in [-0.15, -0.1) is 0 Å². The van der Waals surface area contributed by atoms with Crippen molar-refractivity contribution >= 4 is 34.3 Å². The molecule has 0 bridgehead atoms. The summed E-state index contributed by atoms with van der Waals surface area (Å²) in [5, 5.41) is 0.744. The molecule has 0 radical (unpaired) electrons. The molecule has 2 aromatic carbocycles. The molecule has 0 amide bonds. The van der Waals surface area contributed by atoms with E-state index in [1.54, 1.807) is 0 Å². The Balaban J connectivity index is 1.73. The first-order chi connectivity index (χ1) is 12.9. The fourth-order valence-corrected chi connectivity index (χ4v) is 6.20. The highest BCUT2D eigenvalue weighted by molar-refractivity contribution is 8.16. The van der Waals surface area contributed by atoms with Crippen LogP contribution in [0.2, 0.25) is 5.02 Å². The first kappa shape index (κ1) is 18.8. The van der Waals surface area contributed by atoms with E-state index in [1.165, 1.54) is 18.2 Å². The molecular formula is C23H23ClO2S. The summed E-state index contributed by atoms with van der Waals surface area (Å²) in [5.74, 6) is -0.463. The zero-order valence-corrected chi connectivity index (χ0v) is 17.3. The van der Waals surface area contributed by atoms with Crippen molar-refractivity contribution in [2.24, 2.45) is 0 Å². The molecule has 0 aromatic heterocycles. The SMILES string of the molecule is Cc1cc(-c2ccc(Cl)cc2)cc(C)c1C1C(=O)SC2(CCCCC2)C1=O. The van der Waals surface area contributed by atoms with E-state index in [2.05, 4.69) is 12.1 Å². The van der Waals surface area contributed by atoms with Gasteiger partial charge in [0, 0.05) is 5.02 Å². The van der Waals surface area contributed by atoms with Gasteiger partial charge in [-0.2, -0.15) is 0 Å². The standard InChI is InChI=1S/C23H23ClO2S/c1-14-12-17(16-6-8-18(24)9-7-16)13-15(2)19(14)20-21(25)23(27-22(20)26)10-4-3-5-11-23/h6-9,12-13,20H,3-5,10-11H2,1-2H3. The van der Waals surface area contributed by atoms with E-state index in [4.69, 9.17) is 11.6 Å². The van der Waals surface area contributed by atoms with Gasteiger partial charge in [-0.05, 0) is 66.6 Å². The Morgan fingerprint density at radius 3 is 2.11 bits per heavy atom. The summed E-state index contributed by atoms with van der Waals surface area (Å²) in [6.07, 6.45) is 4.96. The van der Waals surface area contributed by atoms with E-state index in [-0.39, 0.29) is 10.9 Å². The average molecular weight is 399 g/mol. The van der Waals surface area contributed by atoms with Gasteiger partial charge in [-0.25, -0.2) is 0 Å². The minimum Gasteiger partial charge on any atom is -0.297 e. The molecule has 1 saturated heterocycles. The summed E-state index contributed by atoms with van der Waals surface area (Å²) in [6.45, 7) is 4.03. The molecule has 1 spiro atoms. The first-order valence-electron chi connectivity index (χ1n) is 9.55. The van der Waals surface area contributed by atoms with E-state index in [1.807, 2.05) is 38.1 Å². The highest BCUT2D eigenvalue weighted by Gasteiger charge is 2.54. The maximum atomic E-state index is 13.3. The van der Waals surface area contributed by atoms with Crippen LogP contribution in [0.3, 0.4) is 0 Å². The van der Waals surface area contributed by atoms with E-state index < -0.39 is 10.7 Å². The quantitative estimate of drug-likeness (QED) is 0.560. The number of aryl methyl sites for hydroxylation is 2. The molecular weight excluding hydrogens is 376 g/mol. The number of rotatable bonds is 2. The molecule has 2 aromatic rings. The van der Waals surface area contributed by atoms with Crippen LogP contribution in [-0.4, -0.2) is 15.6 Å². The van der Waals surface area contributed by atoms with Crippen LogP contribution in [-0.2, 0) is 9.59 Å². The first-order valence-corrected chi connectivity index (χ1v) is 10.7. The number of halogens is 1. The van der Waals surface area contributed by atoms with Gasteiger partial charge in [-0.1, -0.05) is 66.9 Å². The van der Waals surface area contributed by atoms with Crippen molar-refractivity contribution in [1.29, 1.82) is 0 Å². The molecule has 1 aliphatic carbocycles. The van der Waals surface area contributed by atoms with E-state index >= 15 is 0 Å². The summed E-state index contributed by atoms with van der Waals surface area (Å²) in [6, 6.07) is 11.9. The van der Waals surface area contributed by atoms with Gasteiger partial charge < -0.3 is 0 Å². The van der Waals surface area contributed by atoms with Crippen molar-refractivity contribution in [2.75, 3.05) is 0 Å². The Morgan fingerprint density at radius 2 is 1.52 bits per heavy atom. The predicted molar refractivity (Wildman–Crippen MR) is 113 cm³/mol. The molecule has 27 heavy (non-hydrogen) atoms. The van der Waals surface area contributed by atoms with Crippen LogP contribution < -0.4 is 0 Å². The molecule has 4 rings (SSSR count). The fourth-order valence-electron chi connectivity index (χ4n) is 4.63. The molecule has 2 nitrogen and oxygen atoms in total. The van der Waals surface area contributed by atoms with Gasteiger partial charge in [0.05, 0.1) is 4.75 Å². The van der Waals surface area contributed by atoms with Gasteiger partial charge in [0.1, 0.15) is 5.92 Å². The van der Waals surface area contributed by atoms with E-state index in [0.717, 1.165) is 53.5 Å². The van der Waals surface area contributed by atoms with Crippen LogP contribution in [0.1, 0.15) is 54.7 Å². The third kappa shape index (κ3) is 3.25. The van der Waals surface area contributed by atoms with Crippen molar-refractivity contribution in [3.05, 3.63) is 58.1 Å². The van der Waals surface area contributed by atoms with Gasteiger partial charge in [0.2, 0.25) is 5.12 Å². The third-order valence-electron chi connectivity index (χ3n) is 5.96. The van der Waals surface area contributed by atoms with Crippen LogP contribution in [0.5, 0.6) is 0 Å². The molecule has 1 aliphatic heterocycles. The topological polar surface area (TPSA) is 34.1 Å². The van der Waals surface area contributed by atoms with Gasteiger partial charge in [-0.3, -0.25) is 9.59 Å². The molecule has 2 aliphatic rings. The van der Waals surface area contributed by atoms with Crippen molar-refractivity contribution in [3.8, 4) is 11.1 Å². The maximum absolute atomic E-state index is 13.3. The zero-order valence-electron chi connectivity index (χ0n) is 15.7. The number of carbonyl (C=O) groups excluding carboxylic acids is 2. The largest absolute Gasteiger partial charge is 0.297 e. The Morgan fingerprint density at radius 1 is 0.926 bits per heavy atom. The lowest BCUT2D eigenvalue weighted by atomic mass is 9.77. The third-order valence-corrected chi connectivity index (χ3v) is 7.65. The highest BCUT2D eigenvalue weighted by Crippen LogP contribution is 2.52. The lowest BCUT2D eigenvalue weighted by Gasteiger charge is -2.30. The molecule has 1 unspecified atom stereocenters. The second kappa shape index (κ2) is 7.10. The zero-order chi connectivity index (χ0) is 19.2. The fraction of sp³-hybridized carbons (Fsp3) is 0.391. The monoisotopic (exact) mass is 398 g/mol. The van der Waals surface area contributed by atoms with Crippen molar-refractivity contribution in [2.45, 2.75) is 56.6 Å². The summed E-state index contributed by atoms with van der Waals surface area (Å²) >= 11 is 7.32. The Labute approximate surface area is 169 Å². The molecule has 2 fully saturated rings. The molecule has 4 heteroatoms. The van der Waals surface area contributed by atoms with E-state index in [0.29, 0.717) is 5.02 Å². The number of hydrogen-bond acceptors (Lipinski definition) is 3. The van der Waals surface area contributed by atoms with Crippen LogP contribution in [0.25, 0.3) is 11.1 Å². The number of Topliss-reactive ketones (excluding diaryl/α,β-unsaturated/α-hetero) is 1. The number of hydrogen-bond donors (Lipinski definition) is 0. The molecule has 140 valence electrons. The summed E-state index contributed by atoms with van der Waals surface area (Å²) < 4.78 is -0.465. The average Bonchev–Trinajstić information content (AvgIpc) is 2.86. The van der Waals surface area contributed by atoms with Gasteiger partial charge >= 0.3 is 0 Å². The minimum absolute atomic E-state index is 0.0346. The summed E-state index contributed by atoms with van der Waals surface area (Å²) in [5.41, 5.74) is 5.11. The number of carbonyl (C=O) groups is 2. The van der Waals surface area contributed by atoms with Gasteiger partial charge in [0.25, 0.3) is 0 Å². The number of benzene rings is 2. The predicted octanol–water partition coefficient (Wildman–Crippen LogP) is 6.25. The summed E-state index contributed by atoms with van der Waals surface area (Å²) in [4.78, 5) is 26.2. The highest BCUT2D eigenvalue weighted by atomic mass is 35.5. The molecule has 1 heterocycles. The van der Waals surface area contributed by atoms with Crippen molar-refractivity contribution in [1.82, 2.24) is 0 Å². The Bertz CT molecular complexity index is 887. The van der Waals surface area contributed by atoms with Crippen molar-refractivity contribution < 1.29 is 9.59 Å². The van der Waals surface area contributed by atoms with Gasteiger partial charge in [0.15, 0.2) is 5.78 Å². The normalized spacial score (nSPS) is 21.8. The second-order valence-electron chi connectivity index (χ2n) is 7.80. The number of ketones is 1. The Kier molecular flexibility index (Phi) is 4.94. The second-order valence-corrected chi connectivity index (χ2v) is 9.63. The summed E-state index contributed by atoms with van der Waals surface area (Å²) in [7, 11) is 0. The van der Waals surface area contributed by atoms with Crippen LogP contribution in [0, 0.1) is 13.8 Å². The lowest BCUT2D eigenvalue weighted by molar-refractivity contribution is -0.125. The van der Waals surface area contributed by atoms with Crippen LogP contribution in [0.4, 0.5) is 0 Å². The smallest absolute Gasteiger partial charge is 0.204 e. The van der Waals surface area contributed by atoms with E-state index in [9.17, 15) is 9.59 Å². The molecule has 0 N–H and O–H groups in total. The maximum Gasteiger partial charge on any atom is 0.204 e.